The van der Waals surface area contributed by atoms with E-state index in [-0.39, 0.29) is 5.91 Å². The minimum Gasteiger partial charge on any atom is -0.339 e. The molecule has 96 valence electrons. The van der Waals surface area contributed by atoms with Crippen molar-refractivity contribution in [2.24, 2.45) is 0 Å². The number of carbonyl (C=O) groups is 1. The minimum atomic E-state index is -0.502. The maximum Gasteiger partial charge on any atom is 0.242 e. The van der Waals surface area contributed by atoms with Crippen molar-refractivity contribution in [1.29, 1.82) is 0 Å². The fraction of sp³-hybridized carbons (Fsp3) is 0.583. The Balaban J connectivity index is 2.64. The van der Waals surface area contributed by atoms with Gasteiger partial charge in [-0.15, -0.1) is 11.3 Å². The van der Waals surface area contributed by atoms with E-state index in [9.17, 15) is 4.79 Å². The molecule has 0 aliphatic carbocycles. The summed E-state index contributed by atoms with van der Waals surface area (Å²) >= 11 is 5.08. The van der Waals surface area contributed by atoms with Gasteiger partial charge in [-0.2, -0.15) is 0 Å². The third-order valence-electron chi connectivity index (χ3n) is 2.51. The van der Waals surface area contributed by atoms with E-state index >= 15 is 0 Å². The summed E-state index contributed by atoms with van der Waals surface area (Å²) in [6, 6.07) is 2.05. The smallest absolute Gasteiger partial charge is 0.242 e. The number of thiophene rings is 1. The highest BCUT2D eigenvalue weighted by molar-refractivity contribution is 9.10. The first-order valence-electron chi connectivity index (χ1n) is 5.60. The van der Waals surface area contributed by atoms with Crippen LogP contribution in [0.5, 0.6) is 0 Å². The van der Waals surface area contributed by atoms with Crippen LogP contribution in [0.25, 0.3) is 0 Å². The zero-order valence-corrected chi connectivity index (χ0v) is 13.1. The molecule has 1 aromatic heterocycles. The zero-order valence-electron chi connectivity index (χ0n) is 10.7. The van der Waals surface area contributed by atoms with Crippen LogP contribution in [0.15, 0.2) is 15.9 Å². The first kappa shape index (κ1) is 14.7. The molecule has 0 fully saturated rings. The first-order chi connectivity index (χ1) is 7.86. The average Bonchev–Trinajstić information content (AvgIpc) is 2.62. The molecular weight excluding hydrogens is 300 g/mol. The normalized spacial score (nSPS) is 11.6. The summed E-state index contributed by atoms with van der Waals surface area (Å²) in [7, 11) is 1.84. The fourth-order valence-corrected chi connectivity index (χ4v) is 3.24. The maximum atomic E-state index is 12.2. The molecule has 0 saturated heterocycles. The second-order valence-electron chi connectivity index (χ2n) is 4.55. The molecule has 0 aliphatic rings. The summed E-state index contributed by atoms with van der Waals surface area (Å²) in [6.07, 6.45) is 0. The summed E-state index contributed by atoms with van der Waals surface area (Å²) < 4.78 is 1.07. The Morgan fingerprint density at radius 3 is 2.71 bits per heavy atom. The highest BCUT2D eigenvalue weighted by Gasteiger charge is 2.29. The van der Waals surface area contributed by atoms with E-state index in [1.807, 2.05) is 33.2 Å². The molecule has 1 heterocycles. The van der Waals surface area contributed by atoms with Gasteiger partial charge in [-0.05, 0) is 42.4 Å². The highest BCUT2D eigenvalue weighted by atomic mass is 79.9. The van der Waals surface area contributed by atoms with Gasteiger partial charge in [0.25, 0.3) is 0 Å². The minimum absolute atomic E-state index is 0.115. The number of nitrogens with one attached hydrogen (secondary N) is 1. The lowest BCUT2D eigenvalue weighted by atomic mass is 10.0. The van der Waals surface area contributed by atoms with E-state index in [1.54, 1.807) is 16.2 Å². The van der Waals surface area contributed by atoms with Crippen molar-refractivity contribution < 1.29 is 4.79 Å². The van der Waals surface area contributed by atoms with Crippen LogP contribution in [0.2, 0.25) is 0 Å². The second kappa shape index (κ2) is 5.98. The Kier molecular flexibility index (Phi) is 5.16. The van der Waals surface area contributed by atoms with Crippen molar-refractivity contribution in [2.75, 3.05) is 13.6 Å². The number of hydrogen-bond acceptors (Lipinski definition) is 3. The van der Waals surface area contributed by atoms with E-state index in [0.29, 0.717) is 6.54 Å². The van der Waals surface area contributed by atoms with Gasteiger partial charge in [0.1, 0.15) is 0 Å². The van der Waals surface area contributed by atoms with E-state index in [4.69, 9.17) is 0 Å². The van der Waals surface area contributed by atoms with Crippen LogP contribution in [0.1, 0.15) is 25.6 Å². The predicted octanol–water partition coefficient (Wildman–Crippen LogP) is 2.86. The summed E-state index contributed by atoms with van der Waals surface area (Å²) in [6.45, 7) is 7.28. The van der Waals surface area contributed by atoms with Crippen molar-refractivity contribution in [1.82, 2.24) is 10.2 Å². The molecule has 17 heavy (non-hydrogen) atoms. The molecule has 0 aromatic carbocycles. The summed E-state index contributed by atoms with van der Waals surface area (Å²) in [5.41, 5.74) is -0.502. The van der Waals surface area contributed by atoms with Gasteiger partial charge in [-0.3, -0.25) is 4.79 Å². The molecule has 1 aromatic rings. The Bertz CT molecular complexity index is 390. The number of hydrogen-bond donors (Lipinski definition) is 1. The zero-order chi connectivity index (χ0) is 13.1. The molecule has 1 rings (SSSR count). The molecule has 0 radical (unpaired) electrons. The highest BCUT2D eigenvalue weighted by Crippen LogP contribution is 2.21. The molecule has 0 atom stereocenters. The molecule has 0 aliphatic heterocycles. The van der Waals surface area contributed by atoms with Crippen molar-refractivity contribution in [3.05, 3.63) is 20.8 Å². The Morgan fingerprint density at radius 1 is 1.59 bits per heavy atom. The van der Waals surface area contributed by atoms with Crippen LogP contribution < -0.4 is 5.32 Å². The molecule has 0 bridgehead atoms. The van der Waals surface area contributed by atoms with Crippen LogP contribution in [0, 0.1) is 0 Å². The fourth-order valence-electron chi connectivity index (χ4n) is 1.74. The Morgan fingerprint density at radius 2 is 2.24 bits per heavy atom. The summed E-state index contributed by atoms with van der Waals surface area (Å²) in [5, 5.41) is 5.23. The van der Waals surface area contributed by atoms with Crippen LogP contribution in [0.3, 0.4) is 0 Å². The van der Waals surface area contributed by atoms with Gasteiger partial charge in [0.2, 0.25) is 5.91 Å². The van der Waals surface area contributed by atoms with Gasteiger partial charge in [0, 0.05) is 21.8 Å². The van der Waals surface area contributed by atoms with Crippen molar-refractivity contribution in [3.8, 4) is 0 Å². The lowest BCUT2D eigenvalue weighted by molar-refractivity contribution is -0.136. The van der Waals surface area contributed by atoms with Crippen LogP contribution in [-0.2, 0) is 11.3 Å². The SMILES string of the molecule is CCNC(C)(C)C(=O)N(C)Cc1cc(Br)cs1. The second-order valence-corrected chi connectivity index (χ2v) is 6.46. The van der Waals surface area contributed by atoms with E-state index in [0.717, 1.165) is 11.0 Å². The lowest BCUT2D eigenvalue weighted by Gasteiger charge is -2.29. The maximum absolute atomic E-state index is 12.2. The third kappa shape index (κ3) is 4.08. The quantitative estimate of drug-likeness (QED) is 0.905. The molecule has 1 amide bonds. The number of halogens is 1. The molecule has 1 N–H and O–H groups in total. The van der Waals surface area contributed by atoms with Gasteiger partial charge in [0.15, 0.2) is 0 Å². The number of nitrogens with zero attached hydrogens (tertiary/aromatic N) is 1. The Labute approximate surface area is 115 Å². The predicted molar refractivity (Wildman–Crippen MR) is 76.2 cm³/mol. The molecule has 0 unspecified atom stereocenters. The number of amides is 1. The third-order valence-corrected chi connectivity index (χ3v) is 4.20. The van der Waals surface area contributed by atoms with Crippen molar-refractivity contribution in [3.63, 3.8) is 0 Å². The largest absolute Gasteiger partial charge is 0.339 e. The van der Waals surface area contributed by atoms with E-state index < -0.39 is 5.54 Å². The molecular formula is C12H19BrN2OS. The topological polar surface area (TPSA) is 32.3 Å². The van der Waals surface area contributed by atoms with Crippen LogP contribution in [-0.4, -0.2) is 29.9 Å². The van der Waals surface area contributed by atoms with Crippen LogP contribution in [0.4, 0.5) is 0 Å². The molecule has 5 heteroatoms. The molecule has 3 nitrogen and oxygen atoms in total. The Hall–Kier alpha value is -0.390. The van der Waals surface area contributed by atoms with Gasteiger partial charge in [0.05, 0.1) is 12.1 Å². The molecule has 0 saturated carbocycles. The summed E-state index contributed by atoms with van der Waals surface area (Å²) in [4.78, 5) is 15.2. The van der Waals surface area contributed by atoms with Gasteiger partial charge in [-0.1, -0.05) is 6.92 Å². The molecule has 0 spiro atoms. The monoisotopic (exact) mass is 318 g/mol. The first-order valence-corrected chi connectivity index (χ1v) is 7.27. The van der Waals surface area contributed by atoms with Crippen molar-refractivity contribution in [2.45, 2.75) is 32.9 Å². The van der Waals surface area contributed by atoms with Gasteiger partial charge in [-0.25, -0.2) is 0 Å². The van der Waals surface area contributed by atoms with E-state index in [1.165, 1.54) is 4.88 Å². The number of rotatable bonds is 5. The summed E-state index contributed by atoms with van der Waals surface area (Å²) in [5.74, 6) is 0.115. The number of carbonyl (C=O) groups excluding carboxylic acids is 1. The van der Waals surface area contributed by atoms with Crippen molar-refractivity contribution >= 4 is 33.2 Å². The number of likely N-dealkylation sites (N-methyl/N-ethyl adjacent to an activating group) is 2. The van der Waals surface area contributed by atoms with Gasteiger partial charge >= 0.3 is 0 Å². The standard InChI is InChI=1S/C12H19BrN2OS/c1-5-14-12(2,3)11(16)15(4)7-10-6-9(13)8-17-10/h6,8,14H,5,7H2,1-4H3. The average molecular weight is 319 g/mol. The van der Waals surface area contributed by atoms with Crippen LogP contribution >= 0.6 is 27.3 Å². The van der Waals surface area contributed by atoms with E-state index in [2.05, 4.69) is 27.3 Å². The van der Waals surface area contributed by atoms with Gasteiger partial charge < -0.3 is 10.2 Å². The lowest BCUT2D eigenvalue weighted by Crippen LogP contribution is -2.52.